The molecule has 16 heavy (non-hydrogen) atoms. The van der Waals surface area contributed by atoms with E-state index in [4.69, 9.17) is 0 Å². The van der Waals surface area contributed by atoms with Crippen molar-refractivity contribution in [3.05, 3.63) is 0 Å². The van der Waals surface area contributed by atoms with Gasteiger partial charge in [0.15, 0.2) is 0 Å². The first-order chi connectivity index (χ1) is 7.70. The standard InChI is InChI=1S/C14H28N2/c1-16(2)12-14(11-15-13-7-8-13)9-5-3-4-6-10-14/h13,15H,3-12H2,1-2H3. The van der Waals surface area contributed by atoms with Crippen molar-refractivity contribution >= 4 is 0 Å². The van der Waals surface area contributed by atoms with Crippen LogP contribution in [-0.2, 0) is 0 Å². The van der Waals surface area contributed by atoms with E-state index in [1.54, 1.807) is 0 Å². The summed E-state index contributed by atoms with van der Waals surface area (Å²) >= 11 is 0. The van der Waals surface area contributed by atoms with Crippen LogP contribution in [0.25, 0.3) is 0 Å². The highest BCUT2D eigenvalue weighted by Gasteiger charge is 2.33. The number of rotatable bonds is 5. The molecule has 94 valence electrons. The third kappa shape index (κ3) is 3.74. The maximum atomic E-state index is 3.77. The molecule has 2 aliphatic rings. The minimum atomic E-state index is 0.572. The zero-order valence-corrected chi connectivity index (χ0v) is 11.1. The van der Waals surface area contributed by atoms with Crippen LogP contribution < -0.4 is 5.32 Å². The smallest absolute Gasteiger partial charge is 0.00684 e. The summed E-state index contributed by atoms with van der Waals surface area (Å²) < 4.78 is 0. The third-order valence-corrected chi connectivity index (χ3v) is 4.16. The second-order valence-corrected chi connectivity index (χ2v) is 6.31. The van der Waals surface area contributed by atoms with Crippen LogP contribution in [0.5, 0.6) is 0 Å². The van der Waals surface area contributed by atoms with Gasteiger partial charge in [-0.05, 0) is 45.2 Å². The van der Waals surface area contributed by atoms with E-state index >= 15 is 0 Å². The first kappa shape index (κ1) is 12.4. The van der Waals surface area contributed by atoms with Crippen LogP contribution in [0.2, 0.25) is 0 Å². The Labute approximate surface area is 101 Å². The number of nitrogens with zero attached hydrogens (tertiary/aromatic N) is 1. The summed E-state index contributed by atoms with van der Waals surface area (Å²) in [6.07, 6.45) is 11.5. The van der Waals surface area contributed by atoms with E-state index in [2.05, 4.69) is 24.3 Å². The van der Waals surface area contributed by atoms with Crippen LogP contribution >= 0.6 is 0 Å². The molecule has 0 radical (unpaired) electrons. The van der Waals surface area contributed by atoms with Crippen molar-refractivity contribution in [2.45, 2.75) is 57.4 Å². The van der Waals surface area contributed by atoms with E-state index < -0.39 is 0 Å². The lowest BCUT2D eigenvalue weighted by Gasteiger charge is -2.36. The summed E-state index contributed by atoms with van der Waals surface area (Å²) in [5.74, 6) is 0. The van der Waals surface area contributed by atoms with Gasteiger partial charge < -0.3 is 10.2 Å². The largest absolute Gasteiger partial charge is 0.313 e. The van der Waals surface area contributed by atoms with Gasteiger partial charge in [-0.15, -0.1) is 0 Å². The fourth-order valence-electron chi connectivity index (χ4n) is 3.19. The molecule has 2 rings (SSSR count). The Bertz CT molecular complexity index is 201. The second-order valence-electron chi connectivity index (χ2n) is 6.31. The van der Waals surface area contributed by atoms with E-state index in [0.29, 0.717) is 5.41 Å². The first-order valence-electron chi connectivity index (χ1n) is 7.08. The molecule has 2 saturated carbocycles. The molecule has 0 saturated heterocycles. The van der Waals surface area contributed by atoms with Crippen molar-refractivity contribution in [3.63, 3.8) is 0 Å². The maximum Gasteiger partial charge on any atom is 0.00684 e. The van der Waals surface area contributed by atoms with Gasteiger partial charge in [0.2, 0.25) is 0 Å². The zero-order valence-electron chi connectivity index (χ0n) is 11.1. The number of hydrogen-bond donors (Lipinski definition) is 1. The Hall–Kier alpha value is -0.0800. The highest BCUT2D eigenvalue weighted by Crippen LogP contribution is 2.36. The summed E-state index contributed by atoms with van der Waals surface area (Å²) in [6, 6.07) is 0.863. The maximum absolute atomic E-state index is 3.77. The predicted molar refractivity (Wildman–Crippen MR) is 69.7 cm³/mol. The second kappa shape index (κ2) is 5.50. The van der Waals surface area contributed by atoms with E-state index in [-0.39, 0.29) is 0 Å². The molecule has 2 aliphatic carbocycles. The monoisotopic (exact) mass is 224 g/mol. The Morgan fingerprint density at radius 3 is 2.19 bits per heavy atom. The lowest BCUT2D eigenvalue weighted by Crippen LogP contribution is -2.42. The van der Waals surface area contributed by atoms with Crippen molar-refractivity contribution in [2.24, 2.45) is 5.41 Å². The Kier molecular flexibility index (Phi) is 4.26. The van der Waals surface area contributed by atoms with Gasteiger partial charge in [0, 0.05) is 19.1 Å². The molecule has 0 atom stereocenters. The van der Waals surface area contributed by atoms with Crippen molar-refractivity contribution in [3.8, 4) is 0 Å². The molecule has 0 amide bonds. The molecule has 2 heteroatoms. The van der Waals surface area contributed by atoms with Gasteiger partial charge in [0.05, 0.1) is 0 Å². The molecular formula is C14H28N2. The molecule has 0 heterocycles. The molecular weight excluding hydrogens is 196 g/mol. The summed E-state index contributed by atoms with van der Waals surface area (Å²) in [7, 11) is 4.45. The average Bonchev–Trinajstić information content (AvgIpc) is 3.01. The Morgan fingerprint density at radius 2 is 1.69 bits per heavy atom. The van der Waals surface area contributed by atoms with Crippen LogP contribution in [0.1, 0.15) is 51.4 Å². The molecule has 0 bridgehead atoms. The first-order valence-corrected chi connectivity index (χ1v) is 7.08. The normalized spacial score (nSPS) is 25.7. The van der Waals surface area contributed by atoms with E-state index in [1.165, 1.54) is 64.5 Å². The third-order valence-electron chi connectivity index (χ3n) is 4.16. The van der Waals surface area contributed by atoms with Gasteiger partial charge >= 0.3 is 0 Å². The van der Waals surface area contributed by atoms with Crippen LogP contribution in [-0.4, -0.2) is 38.1 Å². The van der Waals surface area contributed by atoms with E-state index in [9.17, 15) is 0 Å². The van der Waals surface area contributed by atoms with Gasteiger partial charge in [0.25, 0.3) is 0 Å². The van der Waals surface area contributed by atoms with Gasteiger partial charge in [-0.1, -0.05) is 25.7 Å². The van der Waals surface area contributed by atoms with Gasteiger partial charge in [-0.3, -0.25) is 0 Å². The molecule has 0 aliphatic heterocycles. The lowest BCUT2D eigenvalue weighted by molar-refractivity contribution is 0.163. The fourth-order valence-corrected chi connectivity index (χ4v) is 3.19. The van der Waals surface area contributed by atoms with Crippen molar-refractivity contribution in [1.82, 2.24) is 10.2 Å². The van der Waals surface area contributed by atoms with Gasteiger partial charge in [-0.25, -0.2) is 0 Å². The lowest BCUT2D eigenvalue weighted by atomic mass is 9.79. The summed E-state index contributed by atoms with van der Waals surface area (Å²) in [5, 5.41) is 3.77. The summed E-state index contributed by atoms with van der Waals surface area (Å²) in [6.45, 7) is 2.53. The number of hydrogen-bond acceptors (Lipinski definition) is 2. The highest BCUT2D eigenvalue weighted by atomic mass is 15.1. The molecule has 0 spiro atoms. The van der Waals surface area contributed by atoms with Gasteiger partial charge in [0.1, 0.15) is 0 Å². The van der Waals surface area contributed by atoms with Crippen molar-refractivity contribution in [2.75, 3.05) is 27.2 Å². The predicted octanol–water partition coefficient (Wildman–Crippen LogP) is 2.64. The van der Waals surface area contributed by atoms with Crippen LogP contribution in [0.15, 0.2) is 0 Å². The summed E-state index contributed by atoms with van der Waals surface area (Å²) in [4.78, 5) is 2.39. The minimum Gasteiger partial charge on any atom is -0.313 e. The zero-order chi connectivity index (χ0) is 11.4. The highest BCUT2D eigenvalue weighted by molar-refractivity contribution is 4.90. The molecule has 0 aromatic heterocycles. The van der Waals surface area contributed by atoms with Gasteiger partial charge in [-0.2, -0.15) is 0 Å². The van der Waals surface area contributed by atoms with E-state index in [1.807, 2.05) is 0 Å². The van der Waals surface area contributed by atoms with Crippen LogP contribution in [0.4, 0.5) is 0 Å². The fraction of sp³-hybridized carbons (Fsp3) is 1.00. The van der Waals surface area contributed by atoms with E-state index in [0.717, 1.165) is 6.04 Å². The number of nitrogens with one attached hydrogen (secondary N) is 1. The molecule has 0 unspecified atom stereocenters. The molecule has 1 N–H and O–H groups in total. The average molecular weight is 224 g/mol. The molecule has 2 nitrogen and oxygen atoms in total. The topological polar surface area (TPSA) is 15.3 Å². The van der Waals surface area contributed by atoms with Crippen molar-refractivity contribution in [1.29, 1.82) is 0 Å². The molecule has 2 fully saturated rings. The molecule has 0 aromatic carbocycles. The van der Waals surface area contributed by atoms with Crippen LogP contribution in [0.3, 0.4) is 0 Å². The van der Waals surface area contributed by atoms with Crippen molar-refractivity contribution < 1.29 is 0 Å². The quantitative estimate of drug-likeness (QED) is 0.722. The molecule has 0 aromatic rings. The van der Waals surface area contributed by atoms with Crippen LogP contribution in [0, 0.1) is 5.41 Å². The SMILES string of the molecule is CN(C)CC1(CNC2CC2)CCCCCC1. The Balaban J connectivity index is 1.90. The summed E-state index contributed by atoms with van der Waals surface area (Å²) in [5.41, 5.74) is 0.572. The Morgan fingerprint density at radius 1 is 1.06 bits per heavy atom. The minimum absolute atomic E-state index is 0.572.